The van der Waals surface area contributed by atoms with Gasteiger partial charge in [-0.15, -0.1) is 0 Å². The maximum atomic E-state index is 11.8. The third kappa shape index (κ3) is 3.38. The number of carbonyl (C=O) groups is 1. The van der Waals surface area contributed by atoms with Crippen LogP contribution >= 0.6 is 15.9 Å². The molecule has 2 rings (SSSR count). The molecule has 1 aromatic carbocycles. The first-order chi connectivity index (χ1) is 8.66. The van der Waals surface area contributed by atoms with E-state index in [4.69, 9.17) is 5.73 Å². The van der Waals surface area contributed by atoms with Crippen molar-refractivity contribution in [2.75, 3.05) is 30.7 Å². The van der Waals surface area contributed by atoms with E-state index in [9.17, 15) is 4.79 Å². The minimum absolute atomic E-state index is 0.230. The molecular formula is C13H18BrN3O. The summed E-state index contributed by atoms with van der Waals surface area (Å²) < 4.78 is 0.977. The summed E-state index contributed by atoms with van der Waals surface area (Å²) in [6, 6.07) is 5.67. The number of nitrogens with one attached hydrogen (secondary N) is 1. The maximum absolute atomic E-state index is 11.8. The lowest BCUT2D eigenvalue weighted by Gasteiger charge is -2.16. The van der Waals surface area contributed by atoms with Crippen molar-refractivity contribution in [2.24, 2.45) is 0 Å². The van der Waals surface area contributed by atoms with Crippen LogP contribution in [0.1, 0.15) is 19.3 Å². The predicted molar refractivity (Wildman–Crippen MR) is 77.5 cm³/mol. The molecule has 3 N–H and O–H groups in total. The standard InChI is InChI=1S/C13H18BrN3O/c14-10-3-4-11(15)12(9-10)16-6-5-13(18)17-7-1-2-8-17/h3-4,9,16H,1-2,5-8,15H2. The second-order valence-corrected chi connectivity index (χ2v) is 5.41. The molecule has 1 aromatic rings. The first-order valence-corrected chi connectivity index (χ1v) is 7.03. The summed E-state index contributed by atoms with van der Waals surface area (Å²) in [5.74, 6) is 0.230. The van der Waals surface area contributed by atoms with Crippen molar-refractivity contribution in [1.29, 1.82) is 0 Å². The molecule has 1 aliphatic rings. The van der Waals surface area contributed by atoms with Crippen molar-refractivity contribution in [3.05, 3.63) is 22.7 Å². The van der Waals surface area contributed by atoms with Crippen LogP contribution in [0.2, 0.25) is 0 Å². The summed E-state index contributed by atoms with van der Waals surface area (Å²) >= 11 is 3.40. The van der Waals surface area contributed by atoms with E-state index in [-0.39, 0.29) is 5.91 Å². The summed E-state index contributed by atoms with van der Waals surface area (Å²) in [7, 11) is 0. The van der Waals surface area contributed by atoms with Gasteiger partial charge in [0.1, 0.15) is 0 Å². The van der Waals surface area contributed by atoms with Gasteiger partial charge in [-0.25, -0.2) is 0 Å². The van der Waals surface area contributed by atoms with Gasteiger partial charge in [0.15, 0.2) is 0 Å². The van der Waals surface area contributed by atoms with Crippen molar-refractivity contribution in [1.82, 2.24) is 4.90 Å². The molecule has 98 valence electrons. The van der Waals surface area contributed by atoms with Gasteiger partial charge in [-0.2, -0.15) is 0 Å². The first-order valence-electron chi connectivity index (χ1n) is 6.23. The van der Waals surface area contributed by atoms with E-state index >= 15 is 0 Å². The number of likely N-dealkylation sites (tertiary alicyclic amines) is 1. The largest absolute Gasteiger partial charge is 0.397 e. The first kappa shape index (κ1) is 13.2. The average molecular weight is 312 g/mol. The lowest BCUT2D eigenvalue weighted by atomic mass is 10.2. The lowest BCUT2D eigenvalue weighted by molar-refractivity contribution is -0.129. The second kappa shape index (κ2) is 6.09. The molecule has 0 aromatic heterocycles. The quantitative estimate of drug-likeness (QED) is 0.840. The van der Waals surface area contributed by atoms with Gasteiger partial charge in [-0.3, -0.25) is 4.79 Å². The normalized spacial score (nSPS) is 14.8. The Morgan fingerprint density at radius 3 is 2.83 bits per heavy atom. The van der Waals surface area contributed by atoms with Crippen molar-refractivity contribution < 1.29 is 4.79 Å². The van der Waals surface area contributed by atoms with E-state index in [1.807, 2.05) is 23.1 Å². The molecule has 1 amide bonds. The fraction of sp³-hybridized carbons (Fsp3) is 0.462. The molecule has 0 atom stereocenters. The molecule has 1 saturated heterocycles. The fourth-order valence-corrected chi connectivity index (χ4v) is 2.47. The van der Waals surface area contributed by atoms with Crippen LogP contribution in [-0.2, 0) is 4.79 Å². The minimum Gasteiger partial charge on any atom is -0.397 e. The number of nitrogen functional groups attached to an aromatic ring is 1. The van der Waals surface area contributed by atoms with Crippen LogP contribution in [0.4, 0.5) is 11.4 Å². The van der Waals surface area contributed by atoms with Gasteiger partial charge in [0.2, 0.25) is 5.91 Å². The Morgan fingerprint density at radius 2 is 2.11 bits per heavy atom. The molecule has 0 aliphatic carbocycles. The zero-order valence-electron chi connectivity index (χ0n) is 10.3. The molecular weight excluding hydrogens is 294 g/mol. The minimum atomic E-state index is 0.230. The summed E-state index contributed by atoms with van der Waals surface area (Å²) in [5, 5.41) is 3.21. The van der Waals surface area contributed by atoms with E-state index in [0.29, 0.717) is 18.7 Å². The van der Waals surface area contributed by atoms with Gasteiger partial charge in [-0.05, 0) is 31.0 Å². The fourth-order valence-electron chi connectivity index (χ4n) is 2.11. The molecule has 1 heterocycles. The number of nitrogens with two attached hydrogens (primary N) is 1. The number of hydrogen-bond acceptors (Lipinski definition) is 3. The monoisotopic (exact) mass is 311 g/mol. The predicted octanol–water partition coefficient (Wildman–Crippen LogP) is 2.46. The number of anilines is 2. The zero-order chi connectivity index (χ0) is 13.0. The number of carbonyl (C=O) groups excluding carboxylic acids is 1. The van der Waals surface area contributed by atoms with Crippen LogP contribution in [0.3, 0.4) is 0 Å². The number of hydrogen-bond donors (Lipinski definition) is 2. The molecule has 18 heavy (non-hydrogen) atoms. The van der Waals surface area contributed by atoms with E-state index in [2.05, 4.69) is 21.2 Å². The van der Waals surface area contributed by atoms with Crippen molar-refractivity contribution in [3.8, 4) is 0 Å². The maximum Gasteiger partial charge on any atom is 0.224 e. The van der Waals surface area contributed by atoms with E-state index in [0.717, 1.165) is 36.1 Å². The Balaban J connectivity index is 1.81. The second-order valence-electron chi connectivity index (χ2n) is 4.50. The van der Waals surface area contributed by atoms with Gasteiger partial charge in [0, 0.05) is 30.5 Å². The van der Waals surface area contributed by atoms with Gasteiger partial charge in [0.25, 0.3) is 0 Å². The Hall–Kier alpha value is -1.23. The molecule has 0 radical (unpaired) electrons. The summed E-state index contributed by atoms with van der Waals surface area (Å²) in [4.78, 5) is 13.8. The highest BCUT2D eigenvalue weighted by molar-refractivity contribution is 9.10. The van der Waals surface area contributed by atoms with Crippen molar-refractivity contribution >= 4 is 33.2 Å². The average Bonchev–Trinajstić information content (AvgIpc) is 2.87. The molecule has 0 unspecified atom stereocenters. The van der Waals surface area contributed by atoms with Crippen LogP contribution < -0.4 is 11.1 Å². The van der Waals surface area contributed by atoms with E-state index < -0.39 is 0 Å². The molecule has 0 bridgehead atoms. The van der Waals surface area contributed by atoms with E-state index in [1.54, 1.807) is 0 Å². The van der Waals surface area contributed by atoms with Crippen molar-refractivity contribution in [2.45, 2.75) is 19.3 Å². The van der Waals surface area contributed by atoms with Crippen LogP contribution in [0.5, 0.6) is 0 Å². The third-order valence-corrected chi connectivity index (χ3v) is 3.62. The van der Waals surface area contributed by atoms with Crippen LogP contribution in [0.25, 0.3) is 0 Å². The zero-order valence-corrected chi connectivity index (χ0v) is 11.9. The van der Waals surface area contributed by atoms with E-state index in [1.165, 1.54) is 0 Å². The SMILES string of the molecule is Nc1ccc(Br)cc1NCCC(=O)N1CCCC1. The topological polar surface area (TPSA) is 58.4 Å². The van der Waals surface area contributed by atoms with Gasteiger partial charge >= 0.3 is 0 Å². The highest BCUT2D eigenvalue weighted by atomic mass is 79.9. The number of nitrogens with zero attached hydrogens (tertiary/aromatic N) is 1. The van der Waals surface area contributed by atoms with Gasteiger partial charge in [-0.1, -0.05) is 15.9 Å². The molecule has 1 fully saturated rings. The molecule has 0 spiro atoms. The Morgan fingerprint density at radius 1 is 1.39 bits per heavy atom. The Labute approximate surface area is 116 Å². The molecule has 4 nitrogen and oxygen atoms in total. The molecule has 1 aliphatic heterocycles. The molecule has 5 heteroatoms. The number of amides is 1. The van der Waals surface area contributed by atoms with Gasteiger partial charge in [0.05, 0.1) is 11.4 Å². The van der Waals surface area contributed by atoms with Crippen LogP contribution in [0, 0.1) is 0 Å². The van der Waals surface area contributed by atoms with Crippen molar-refractivity contribution in [3.63, 3.8) is 0 Å². The summed E-state index contributed by atoms with van der Waals surface area (Å²) in [5.41, 5.74) is 7.42. The smallest absolute Gasteiger partial charge is 0.224 e. The molecule has 0 saturated carbocycles. The summed E-state index contributed by atoms with van der Waals surface area (Å²) in [6.07, 6.45) is 2.79. The highest BCUT2D eigenvalue weighted by Crippen LogP contribution is 2.23. The Bertz CT molecular complexity index is 430. The lowest BCUT2D eigenvalue weighted by Crippen LogP contribution is -2.29. The van der Waals surface area contributed by atoms with Crippen LogP contribution in [0.15, 0.2) is 22.7 Å². The Kier molecular flexibility index (Phi) is 4.47. The number of halogens is 1. The third-order valence-electron chi connectivity index (χ3n) is 3.13. The highest BCUT2D eigenvalue weighted by Gasteiger charge is 2.17. The number of rotatable bonds is 4. The number of benzene rings is 1. The summed E-state index contributed by atoms with van der Waals surface area (Å²) in [6.45, 7) is 2.45. The van der Waals surface area contributed by atoms with Gasteiger partial charge < -0.3 is 16.0 Å². The van der Waals surface area contributed by atoms with Crippen LogP contribution in [-0.4, -0.2) is 30.4 Å².